The van der Waals surface area contributed by atoms with Gasteiger partial charge in [-0.3, -0.25) is 14.2 Å². The molecule has 8 heteroatoms. The standard InChI is InChI=1S/C22H24ClN3O3S/c1-11-5-7-15-18(9-11)30-21-19(15)22(28)26(13(3)24-21)12(2)20(27)25-14-6-8-17(29-4)16(23)10-14/h6,8,10-12H,5,7,9H2,1-4H3,(H,25,27). The predicted octanol–water partition coefficient (Wildman–Crippen LogP) is 4.75. The molecule has 30 heavy (non-hydrogen) atoms. The smallest absolute Gasteiger partial charge is 0.263 e. The lowest BCUT2D eigenvalue weighted by molar-refractivity contribution is -0.118. The highest BCUT2D eigenvalue weighted by atomic mass is 35.5. The van der Waals surface area contributed by atoms with Crippen LogP contribution in [-0.2, 0) is 17.6 Å². The highest BCUT2D eigenvalue weighted by Gasteiger charge is 2.26. The number of hydrogen-bond donors (Lipinski definition) is 1. The monoisotopic (exact) mass is 445 g/mol. The third-order valence-corrected chi connectivity index (χ3v) is 7.17. The van der Waals surface area contributed by atoms with E-state index in [-0.39, 0.29) is 11.5 Å². The Labute approximate surface area is 183 Å². The zero-order valence-electron chi connectivity index (χ0n) is 17.4. The van der Waals surface area contributed by atoms with Crippen LogP contribution >= 0.6 is 22.9 Å². The Kier molecular flexibility index (Phi) is 5.59. The topological polar surface area (TPSA) is 73.2 Å². The summed E-state index contributed by atoms with van der Waals surface area (Å²) in [7, 11) is 1.53. The van der Waals surface area contributed by atoms with Crippen LogP contribution in [0.5, 0.6) is 5.75 Å². The number of rotatable bonds is 4. The quantitative estimate of drug-likeness (QED) is 0.628. The van der Waals surface area contributed by atoms with Crippen LogP contribution in [0.25, 0.3) is 10.2 Å². The molecular formula is C22H24ClN3O3S. The van der Waals surface area contributed by atoms with E-state index in [1.807, 2.05) is 0 Å². The largest absolute Gasteiger partial charge is 0.495 e. The molecule has 2 unspecified atom stereocenters. The van der Waals surface area contributed by atoms with Crippen molar-refractivity contribution in [2.75, 3.05) is 12.4 Å². The lowest BCUT2D eigenvalue weighted by atomic mass is 9.89. The Morgan fingerprint density at radius 1 is 1.43 bits per heavy atom. The number of halogens is 1. The molecule has 1 N–H and O–H groups in total. The summed E-state index contributed by atoms with van der Waals surface area (Å²) in [5.74, 6) is 1.38. The van der Waals surface area contributed by atoms with Crippen LogP contribution in [0, 0.1) is 12.8 Å². The molecule has 0 bridgehead atoms. The predicted molar refractivity (Wildman–Crippen MR) is 121 cm³/mol. The van der Waals surface area contributed by atoms with Crippen molar-refractivity contribution in [3.63, 3.8) is 0 Å². The van der Waals surface area contributed by atoms with Crippen molar-refractivity contribution in [3.05, 3.63) is 49.8 Å². The fourth-order valence-electron chi connectivity index (χ4n) is 4.07. The van der Waals surface area contributed by atoms with Gasteiger partial charge in [0.2, 0.25) is 5.91 Å². The summed E-state index contributed by atoms with van der Waals surface area (Å²) >= 11 is 7.77. The summed E-state index contributed by atoms with van der Waals surface area (Å²) in [5, 5.41) is 3.91. The molecule has 0 radical (unpaired) electrons. The van der Waals surface area contributed by atoms with Gasteiger partial charge in [0.1, 0.15) is 22.4 Å². The number of methoxy groups -OCH3 is 1. The number of hydrogen-bond acceptors (Lipinski definition) is 5. The van der Waals surface area contributed by atoms with Gasteiger partial charge in [-0.25, -0.2) is 4.98 Å². The summed E-state index contributed by atoms with van der Waals surface area (Å²) in [6.45, 7) is 5.72. The first kappa shape index (κ1) is 20.9. The molecule has 158 valence electrons. The maximum Gasteiger partial charge on any atom is 0.263 e. The molecule has 0 saturated carbocycles. The Hall–Kier alpha value is -2.38. The number of thiophene rings is 1. The number of amides is 1. The van der Waals surface area contributed by atoms with E-state index in [9.17, 15) is 9.59 Å². The maximum atomic E-state index is 13.4. The number of fused-ring (bicyclic) bond motifs is 3. The molecule has 2 heterocycles. The van der Waals surface area contributed by atoms with Crippen LogP contribution in [0.1, 0.15) is 42.6 Å². The molecule has 1 aliphatic rings. The highest BCUT2D eigenvalue weighted by molar-refractivity contribution is 7.18. The summed E-state index contributed by atoms with van der Waals surface area (Å²) in [4.78, 5) is 33.0. The number of carbonyl (C=O) groups is 1. The molecule has 6 nitrogen and oxygen atoms in total. The number of nitrogens with zero attached hydrogens (tertiary/aromatic N) is 2. The van der Waals surface area contributed by atoms with Gasteiger partial charge in [-0.15, -0.1) is 11.3 Å². The van der Waals surface area contributed by atoms with Gasteiger partial charge in [0.25, 0.3) is 5.56 Å². The van der Waals surface area contributed by atoms with Crippen LogP contribution in [0.3, 0.4) is 0 Å². The number of anilines is 1. The second kappa shape index (κ2) is 8.04. The third-order valence-electron chi connectivity index (χ3n) is 5.72. The average molecular weight is 446 g/mol. The molecule has 0 saturated heterocycles. The van der Waals surface area contributed by atoms with E-state index in [0.29, 0.717) is 33.6 Å². The zero-order chi connectivity index (χ0) is 21.6. The first-order valence-electron chi connectivity index (χ1n) is 9.98. The fourth-order valence-corrected chi connectivity index (χ4v) is 5.74. The molecule has 1 aliphatic carbocycles. The van der Waals surface area contributed by atoms with Crippen molar-refractivity contribution in [1.29, 1.82) is 0 Å². The summed E-state index contributed by atoms with van der Waals surface area (Å²) in [6.07, 6.45) is 2.95. The third kappa shape index (κ3) is 3.61. The maximum absolute atomic E-state index is 13.4. The summed E-state index contributed by atoms with van der Waals surface area (Å²) in [6, 6.07) is 4.31. The van der Waals surface area contributed by atoms with Gasteiger partial charge >= 0.3 is 0 Å². The van der Waals surface area contributed by atoms with E-state index >= 15 is 0 Å². The lowest BCUT2D eigenvalue weighted by Crippen LogP contribution is -2.34. The zero-order valence-corrected chi connectivity index (χ0v) is 19.0. The SMILES string of the molecule is COc1ccc(NC(=O)C(C)n2c(C)nc3sc4c(c3c2=O)CCC(C)C4)cc1Cl. The molecule has 3 aromatic rings. The summed E-state index contributed by atoms with van der Waals surface area (Å²) in [5.41, 5.74) is 1.52. The van der Waals surface area contributed by atoms with Gasteiger partial charge in [-0.05, 0) is 62.8 Å². The van der Waals surface area contributed by atoms with E-state index in [1.165, 1.54) is 16.6 Å². The van der Waals surface area contributed by atoms with Crippen molar-refractivity contribution < 1.29 is 9.53 Å². The van der Waals surface area contributed by atoms with E-state index in [1.54, 1.807) is 43.4 Å². The van der Waals surface area contributed by atoms with Gasteiger partial charge < -0.3 is 10.1 Å². The van der Waals surface area contributed by atoms with E-state index in [4.69, 9.17) is 16.3 Å². The highest BCUT2D eigenvalue weighted by Crippen LogP contribution is 2.36. The minimum absolute atomic E-state index is 0.139. The van der Waals surface area contributed by atoms with Crippen LogP contribution in [0.4, 0.5) is 5.69 Å². The van der Waals surface area contributed by atoms with Crippen molar-refractivity contribution in [1.82, 2.24) is 9.55 Å². The minimum atomic E-state index is -0.714. The van der Waals surface area contributed by atoms with E-state index in [0.717, 1.165) is 29.7 Å². The van der Waals surface area contributed by atoms with Gasteiger partial charge in [-0.1, -0.05) is 18.5 Å². The molecule has 2 aromatic heterocycles. The minimum Gasteiger partial charge on any atom is -0.495 e. The molecule has 4 rings (SSSR count). The molecular weight excluding hydrogens is 422 g/mol. The number of ether oxygens (including phenoxy) is 1. The average Bonchev–Trinajstić information content (AvgIpc) is 3.05. The number of aryl methyl sites for hydroxylation is 2. The van der Waals surface area contributed by atoms with Crippen LogP contribution < -0.4 is 15.6 Å². The summed E-state index contributed by atoms with van der Waals surface area (Å²) < 4.78 is 6.63. The van der Waals surface area contributed by atoms with Crippen LogP contribution in [0.2, 0.25) is 5.02 Å². The van der Waals surface area contributed by atoms with Crippen molar-refractivity contribution >= 4 is 44.7 Å². The van der Waals surface area contributed by atoms with Gasteiger partial charge in [0, 0.05) is 10.6 Å². The van der Waals surface area contributed by atoms with E-state index < -0.39 is 6.04 Å². The van der Waals surface area contributed by atoms with Crippen LogP contribution in [0.15, 0.2) is 23.0 Å². The Bertz CT molecular complexity index is 1200. The normalized spacial score (nSPS) is 16.9. The van der Waals surface area contributed by atoms with Crippen LogP contribution in [-0.4, -0.2) is 22.6 Å². The second-order valence-electron chi connectivity index (χ2n) is 7.88. The van der Waals surface area contributed by atoms with Gasteiger partial charge in [0.15, 0.2) is 0 Å². The Morgan fingerprint density at radius 3 is 2.90 bits per heavy atom. The second-order valence-corrected chi connectivity index (χ2v) is 9.37. The molecule has 0 aliphatic heterocycles. The Balaban J connectivity index is 1.69. The first-order valence-corrected chi connectivity index (χ1v) is 11.2. The lowest BCUT2D eigenvalue weighted by Gasteiger charge is -2.19. The molecule has 0 spiro atoms. The molecule has 1 amide bonds. The van der Waals surface area contributed by atoms with Gasteiger partial charge in [0.05, 0.1) is 17.5 Å². The van der Waals surface area contributed by atoms with Crippen molar-refractivity contribution in [2.24, 2.45) is 5.92 Å². The number of nitrogens with one attached hydrogen (secondary N) is 1. The Morgan fingerprint density at radius 2 is 2.20 bits per heavy atom. The van der Waals surface area contributed by atoms with Gasteiger partial charge in [-0.2, -0.15) is 0 Å². The van der Waals surface area contributed by atoms with E-state index in [2.05, 4.69) is 17.2 Å². The van der Waals surface area contributed by atoms with Crippen molar-refractivity contribution in [3.8, 4) is 5.75 Å². The number of carbonyl (C=O) groups excluding carboxylic acids is 1. The number of benzene rings is 1. The number of aromatic nitrogens is 2. The first-order chi connectivity index (χ1) is 14.3. The molecule has 1 aromatic carbocycles. The fraction of sp³-hybridized carbons (Fsp3) is 0.409. The molecule has 2 atom stereocenters. The molecule has 0 fully saturated rings. The van der Waals surface area contributed by atoms with Crippen molar-refractivity contribution in [2.45, 2.75) is 46.1 Å².